The van der Waals surface area contributed by atoms with Crippen LogP contribution in [-0.4, -0.2) is 51.9 Å². The van der Waals surface area contributed by atoms with Crippen molar-refractivity contribution < 1.29 is 4.79 Å². The summed E-state index contributed by atoms with van der Waals surface area (Å²) in [5.74, 6) is -0.0301. The second kappa shape index (κ2) is 11.7. The van der Waals surface area contributed by atoms with Crippen LogP contribution in [0.4, 0.5) is 5.69 Å². The minimum Gasteiger partial charge on any atom is -0.380 e. The number of piperidine rings is 1. The predicted molar refractivity (Wildman–Crippen MR) is 144 cm³/mol. The first-order valence-corrected chi connectivity index (χ1v) is 12.7. The molecule has 0 saturated carbocycles. The Labute approximate surface area is 212 Å². The first-order chi connectivity index (χ1) is 17.8. The van der Waals surface area contributed by atoms with Gasteiger partial charge in [0.25, 0.3) is 5.91 Å². The molecule has 1 aromatic carbocycles. The minimum atomic E-state index is -0.0301. The number of carbonyl (C=O) groups is 1. The lowest BCUT2D eigenvalue weighted by Gasteiger charge is -2.26. The first kappa shape index (κ1) is 23.9. The number of carbonyl (C=O) groups excluding carboxylic acids is 1. The molecule has 0 bridgehead atoms. The molecule has 4 aromatic rings. The number of aromatic nitrogens is 3. The predicted octanol–water partition coefficient (Wildman–Crippen LogP) is 4.91. The summed E-state index contributed by atoms with van der Waals surface area (Å²) in [6, 6.07) is 15.6. The highest BCUT2D eigenvalue weighted by Gasteiger charge is 2.12. The van der Waals surface area contributed by atoms with Gasteiger partial charge in [0, 0.05) is 60.1 Å². The lowest BCUT2D eigenvalue weighted by Crippen LogP contribution is -2.33. The molecule has 184 valence electrons. The SMILES string of the molecule is O=C(NCCCN1CCCCC1)c1ccc(-c2cc(NCc3ccncc3)c3cnccc3n2)cc1. The molecule has 0 atom stereocenters. The van der Waals surface area contributed by atoms with Crippen molar-refractivity contribution in [3.63, 3.8) is 0 Å². The monoisotopic (exact) mass is 480 g/mol. The number of anilines is 1. The summed E-state index contributed by atoms with van der Waals surface area (Å²) in [7, 11) is 0. The molecule has 4 heterocycles. The maximum Gasteiger partial charge on any atom is 0.251 e. The summed E-state index contributed by atoms with van der Waals surface area (Å²) in [6.07, 6.45) is 12.1. The van der Waals surface area contributed by atoms with Gasteiger partial charge in [-0.15, -0.1) is 0 Å². The van der Waals surface area contributed by atoms with Gasteiger partial charge in [-0.2, -0.15) is 0 Å². The van der Waals surface area contributed by atoms with Gasteiger partial charge < -0.3 is 15.5 Å². The molecule has 0 unspecified atom stereocenters. The van der Waals surface area contributed by atoms with Gasteiger partial charge in [-0.05, 0) is 80.9 Å². The zero-order valence-electron chi connectivity index (χ0n) is 20.5. The molecule has 0 spiro atoms. The van der Waals surface area contributed by atoms with Crippen LogP contribution in [0.2, 0.25) is 0 Å². The third-order valence-corrected chi connectivity index (χ3v) is 6.67. The maximum absolute atomic E-state index is 12.6. The fourth-order valence-electron chi connectivity index (χ4n) is 4.64. The Kier molecular flexibility index (Phi) is 7.78. The second-order valence-corrected chi connectivity index (χ2v) is 9.25. The van der Waals surface area contributed by atoms with Gasteiger partial charge in [0.1, 0.15) is 0 Å². The smallest absolute Gasteiger partial charge is 0.251 e. The standard InChI is InChI=1S/C29H32N6O/c36-29(32-12-4-18-35-16-2-1-3-17-35)24-7-5-23(6-8-24)27-19-28(25-21-31-15-11-26(25)34-27)33-20-22-9-13-30-14-10-22/h5-11,13-15,19,21H,1-4,12,16-18,20H2,(H,32,36)(H,33,34). The molecule has 3 aromatic heterocycles. The average Bonchev–Trinajstić information content (AvgIpc) is 2.95. The van der Waals surface area contributed by atoms with Gasteiger partial charge in [0.15, 0.2) is 0 Å². The van der Waals surface area contributed by atoms with Gasteiger partial charge >= 0.3 is 0 Å². The number of nitrogens with zero attached hydrogens (tertiary/aromatic N) is 4. The minimum absolute atomic E-state index is 0.0301. The lowest BCUT2D eigenvalue weighted by atomic mass is 10.1. The molecular weight excluding hydrogens is 448 g/mol. The number of pyridine rings is 3. The molecular formula is C29H32N6O. The van der Waals surface area contributed by atoms with Gasteiger partial charge in [0.2, 0.25) is 0 Å². The Bertz CT molecular complexity index is 1290. The highest BCUT2D eigenvalue weighted by atomic mass is 16.1. The van der Waals surface area contributed by atoms with E-state index in [4.69, 9.17) is 4.98 Å². The summed E-state index contributed by atoms with van der Waals surface area (Å²) in [6.45, 7) is 4.81. The fraction of sp³-hybridized carbons (Fsp3) is 0.310. The number of benzene rings is 1. The number of hydrogen-bond acceptors (Lipinski definition) is 6. The van der Waals surface area contributed by atoms with E-state index < -0.39 is 0 Å². The summed E-state index contributed by atoms with van der Waals surface area (Å²) in [5, 5.41) is 7.55. The van der Waals surface area contributed by atoms with E-state index in [1.165, 1.54) is 32.4 Å². The van der Waals surface area contributed by atoms with Crippen molar-refractivity contribution in [2.45, 2.75) is 32.2 Å². The molecule has 5 rings (SSSR count). The van der Waals surface area contributed by atoms with E-state index in [1.807, 2.05) is 54.7 Å². The van der Waals surface area contributed by atoms with E-state index >= 15 is 0 Å². The largest absolute Gasteiger partial charge is 0.380 e. The van der Waals surface area contributed by atoms with Crippen LogP contribution < -0.4 is 10.6 Å². The van der Waals surface area contributed by atoms with E-state index in [1.54, 1.807) is 18.6 Å². The molecule has 2 N–H and O–H groups in total. The Morgan fingerprint density at radius 3 is 2.50 bits per heavy atom. The van der Waals surface area contributed by atoms with Crippen molar-refractivity contribution in [1.82, 2.24) is 25.2 Å². The fourth-order valence-corrected chi connectivity index (χ4v) is 4.64. The summed E-state index contributed by atoms with van der Waals surface area (Å²) < 4.78 is 0. The highest BCUT2D eigenvalue weighted by Crippen LogP contribution is 2.28. The Morgan fingerprint density at radius 2 is 1.69 bits per heavy atom. The molecule has 1 aliphatic heterocycles. The van der Waals surface area contributed by atoms with Crippen LogP contribution in [0.25, 0.3) is 22.2 Å². The Morgan fingerprint density at radius 1 is 0.917 bits per heavy atom. The van der Waals surface area contributed by atoms with Gasteiger partial charge in [-0.1, -0.05) is 18.6 Å². The van der Waals surface area contributed by atoms with Gasteiger partial charge in [-0.3, -0.25) is 14.8 Å². The Balaban J connectivity index is 1.25. The van der Waals surface area contributed by atoms with Crippen LogP contribution in [0.15, 0.2) is 73.3 Å². The zero-order chi connectivity index (χ0) is 24.6. The molecule has 1 amide bonds. The lowest BCUT2D eigenvalue weighted by molar-refractivity contribution is 0.0951. The van der Waals surface area contributed by atoms with Crippen LogP contribution in [0.5, 0.6) is 0 Å². The van der Waals surface area contributed by atoms with Crippen LogP contribution >= 0.6 is 0 Å². The molecule has 0 radical (unpaired) electrons. The quantitative estimate of drug-likeness (QED) is 0.331. The molecule has 1 fully saturated rings. The van der Waals surface area contributed by atoms with Gasteiger partial charge in [0.05, 0.1) is 11.2 Å². The number of fused-ring (bicyclic) bond motifs is 1. The zero-order valence-corrected chi connectivity index (χ0v) is 20.5. The summed E-state index contributed by atoms with van der Waals surface area (Å²) in [5.41, 5.74) is 5.46. The third-order valence-electron chi connectivity index (χ3n) is 6.67. The first-order valence-electron chi connectivity index (χ1n) is 12.7. The van der Waals surface area contributed by atoms with E-state index in [-0.39, 0.29) is 5.91 Å². The molecule has 7 nitrogen and oxygen atoms in total. The summed E-state index contributed by atoms with van der Waals surface area (Å²) >= 11 is 0. The highest BCUT2D eigenvalue weighted by molar-refractivity contribution is 5.95. The van der Waals surface area contributed by atoms with Crippen molar-refractivity contribution in [2.24, 2.45) is 0 Å². The van der Waals surface area contributed by atoms with Crippen LogP contribution in [0, 0.1) is 0 Å². The van der Waals surface area contributed by atoms with E-state index in [2.05, 4.69) is 25.5 Å². The Hall–Kier alpha value is -3.84. The number of amides is 1. The van der Waals surface area contributed by atoms with Crippen molar-refractivity contribution in [3.05, 3.63) is 84.4 Å². The van der Waals surface area contributed by atoms with Crippen LogP contribution in [0.3, 0.4) is 0 Å². The van der Waals surface area contributed by atoms with Crippen LogP contribution in [-0.2, 0) is 6.54 Å². The maximum atomic E-state index is 12.6. The number of likely N-dealkylation sites (tertiary alicyclic amines) is 1. The van der Waals surface area contributed by atoms with Crippen molar-refractivity contribution >= 4 is 22.5 Å². The molecule has 0 aliphatic carbocycles. The van der Waals surface area contributed by atoms with E-state index in [0.29, 0.717) is 18.7 Å². The number of hydrogen-bond donors (Lipinski definition) is 2. The number of nitrogens with one attached hydrogen (secondary N) is 2. The third kappa shape index (κ3) is 6.04. The van der Waals surface area contributed by atoms with Crippen LogP contribution in [0.1, 0.15) is 41.6 Å². The topological polar surface area (TPSA) is 83.0 Å². The second-order valence-electron chi connectivity index (χ2n) is 9.25. The van der Waals surface area contributed by atoms with Crippen molar-refractivity contribution in [1.29, 1.82) is 0 Å². The number of rotatable bonds is 9. The van der Waals surface area contributed by atoms with Gasteiger partial charge in [-0.25, -0.2) is 4.98 Å². The summed E-state index contributed by atoms with van der Waals surface area (Å²) in [4.78, 5) is 28.3. The average molecular weight is 481 g/mol. The van der Waals surface area contributed by atoms with Crippen molar-refractivity contribution in [3.8, 4) is 11.3 Å². The molecule has 7 heteroatoms. The van der Waals surface area contributed by atoms with E-state index in [0.717, 1.165) is 46.4 Å². The van der Waals surface area contributed by atoms with Crippen molar-refractivity contribution in [2.75, 3.05) is 31.5 Å². The molecule has 1 aliphatic rings. The normalized spacial score (nSPS) is 14.0. The molecule has 36 heavy (non-hydrogen) atoms. The molecule has 1 saturated heterocycles. The van der Waals surface area contributed by atoms with E-state index in [9.17, 15) is 4.79 Å².